The van der Waals surface area contributed by atoms with E-state index in [2.05, 4.69) is 4.90 Å². The fourth-order valence-corrected chi connectivity index (χ4v) is 2.68. The van der Waals surface area contributed by atoms with Crippen molar-refractivity contribution in [2.45, 2.75) is 31.9 Å². The van der Waals surface area contributed by atoms with E-state index < -0.39 is 11.6 Å². The third-order valence-corrected chi connectivity index (χ3v) is 3.53. The molecule has 4 heteroatoms. The van der Waals surface area contributed by atoms with E-state index in [0.717, 1.165) is 43.1 Å². The van der Waals surface area contributed by atoms with Crippen LogP contribution in [0.2, 0.25) is 0 Å². The number of carbonyl (C=O) groups is 1. The average Bonchev–Trinajstić information content (AvgIpc) is 2.35. The summed E-state index contributed by atoms with van der Waals surface area (Å²) in [6.45, 7) is 4.34. The first-order valence-electron chi connectivity index (χ1n) is 6.89. The van der Waals surface area contributed by atoms with Crippen LogP contribution in [0, 0.1) is 0 Å². The Labute approximate surface area is 119 Å². The zero-order valence-corrected chi connectivity index (χ0v) is 11.7. The number of aliphatic hydroxyl groups is 1. The number of aliphatic carboxylic acids is 1. The van der Waals surface area contributed by atoms with Crippen molar-refractivity contribution in [1.29, 1.82) is 0 Å². The minimum Gasteiger partial charge on any atom is -0.478 e. The molecule has 1 aromatic carbocycles. The summed E-state index contributed by atoms with van der Waals surface area (Å²) in [5.74, 6) is -0.942. The molecule has 108 valence electrons. The number of rotatable bonds is 4. The van der Waals surface area contributed by atoms with Gasteiger partial charge in [-0.05, 0) is 43.5 Å². The monoisotopic (exact) mass is 275 g/mol. The van der Waals surface area contributed by atoms with Crippen molar-refractivity contribution in [1.82, 2.24) is 4.90 Å². The van der Waals surface area contributed by atoms with E-state index in [1.165, 1.54) is 0 Å². The molecule has 2 rings (SSSR count). The molecule has 1 atom stereocenters. The summed E-state index contributed by atoms with van der Waals surface area (Å²) >= 11 is 0. The van der Waals surface area contributed by atoms with Crippen molar-refractivity contribution in [2.24, 2.45) is 0 Å². The van der Waals surface area contributed by atoms with Crippen LogP contribution in [0.15, 0.2) is 30.3 Å². The number of benzene rings is 1. The van der Waals surface area contributed by atoms with Crippen LogP contribution in [0.5, 0.6) is 0 Å². The summed E-state index contributed by atoms with van der Waals surface area (Å²) in [4.78, 5) is 12.8. The Morgan fingerprint density at radius 2 is 2.30 bits per heavy atom. The predicted molar refractivity (Wildman–Crippen MR) is 78.2 cm³/mol. The SMILES string of the molecule is CC1(O)CCCN(Cc2cccc(/C=C/C(=O)O)c2)C1. The molecule has 2 N–H and O–H groups in total. The van der Waals surface area contributed by atoms with Crippen molar-refractivity contribution in [3.8, 4) is 0 Å². The van der Waals surface area contributed by atoms with Crippen LogP contribution < -0.4 is 0 Å². The highest BCUT2D eigenvalue weighted by Gasteiger charge is 2.28. The molecule has 0 aliphatic carbocycles. The normalized spacial score (nSPS) is 24.1. The molecule has 0 saturated carbocycles. The lowest BCUT2D eigenvalue weighted by molar-refractivity contribution is -0.131. The van der Waals surface area contributed by atoms with E-state index in [9.17, 15) is 9.90 Å². The van der Waals surface area contributed by atoms with Crippen LogP contribution in [0.1, 0.15) is 30.9 Å². The van der Waals surface area contributed by atoms with Gasteiger partial charge in [-0.25, -0.2) is 4.79 Å². The fraction of sp³-hybridized carbons (Fsp3) is 0.438. The Balaban J connectivity index is 2.02. The summed E-state index contributed by atoms with van der Waals surface area (Å²) in [7, 11) is 0. The molecular weight excluding hydrogens is 254 g/mol. The summed E-state index contributed by atoms with van der Waals surface area (Å²) < 4.78 is 0. The van der Waals surface area contributed by atoms with E-state index in [1.54, 1.807) is 6.08 Å². The van der Waals surface area contributed by atoms with Gasteiger partial charge in [0.2, 0.25) is 0 Å². The van der Waals surface area contributed by atoms with Gasteiger partial charge < -0.3 is 10.2 Å². The van der Waals surface area contributed by atoms with Gasteiger partial charge in [-0.1, -0.05) is 24.3 Å². The van der Waals surface area contributed by atoms with Crippen molar-refractivity contribution >= 4 is 12.0 Å². The average molecular weight is 275 g/mol. The van der Waals surface area contributed by atoms with E-state index >= 15 is 0 Å². The Bertz CT molecular complexity index is 508. The maximum Gasteiger partial charge on any atom is 0.328 e. The van der Waals surface area contributed by atoms with E-state index in [1.807, 2.05) is 31.2 Å². The van der Waals surface area contributed by atoms with E-state index in [4.69, 9.17) is 5.11 Å². The third kappa shape index (κ3) is 4.47. The van der Waals surface area contributed by atoms with E-state index in [-0.39, 0.29) is 0 Å². The molecule has 1 saturated heterocycles. The molecule has 1 fully saturated rings. The van der Waals surface area contributed by atoms with E-state index in [0.29, 0.717) is 6.54 Å². The Hall–Kier alpha value is -1.65. The predicted octanol–water partition coefficient (Wildman–Crippen LogP) is 2.13. The Morgan fingerprint density at radius 3 is 3.00 bits per heavy atom. The lowest BCUT2D eigenvalue weighted by Crippen LogP contribution is -2.45. The highest BCUT2D eigenvalue weighted by atomic mass is 16.4. The highest BCUT2D eigenvalue weighted by molar-refractivity contribution is 5.85. The molecule has 0 bridgehead atoms. The first-order chi connectivity index (χ1) is 9.44. The number of piperidine rings is 1. The summed E-state index contributed by atoms with van der Waals surface area (Å²) in [5, 5.41) is 18.7. The Morgan fingerprint density at radius 1 is 1.50 bits per heavy atom. The number of β-amino-alcohol motifs (C(OH)–C–C–N with tert-alkyl or cyclic N) is 1. The summed E-state index contributed by atoms with van der Waals surface area (Å²) in [5.41, 5.74) is 1.42. The molecular formula is C16H21NO3. The van der Waals surface area contributed by atoms with Gasteiger partial charge in [0.25, 0.3) is 0 Å². The van der Waals surface area contributed by atoms with Crippen LogP contribution in [-0.2, 0) is 11.3 Å². The van der Waals surface area contributed by atoms with Crippen LogP contribution in [0.25, 0.3) is 6.08 Å². The molecule has 1 aromatic rings. The molecule has 1 unspecified atom stereocenters. The third-order valence-electron chi connectivity index (χ3n) is 3.53. The lowest BCUT2D eigenvalue weighted by atomic mass is 9.95. The van der Waals surface area contributed by atoms with Crippen molar-refractivity contribution in [3.05, 3.63) is 41.5 Å². The zero-order chi connectivity index (χ0) is 14.6. The molecule has 0 amide bonds. The minimum atomic E-state index is -0.942. The van der Waals surface area contributed by atoms with Gasteiger partial charge in [-0.2, -0.15) is 0 Å². The number of hydrogen-bond acceptors (Lipinski definition) is 3. The van der Waals surface area contributed by atoms with Gasteiger partial charge in [0.15, 0.2) is 0 Å². The van der Waals surface area contributed by atoms with Gasteiger partial charge in [0.05, 0.1) is 5.60 Å². The second-order valence-corrected chi connectivity index (χ2v) is 5.73. The number of likely N-dealkylation sites (tertiary alicyclic amines) is 1. The minimum absolute atomic E-state index is 0.598. The smallest absolute Gasteiger partial charge is 0.328 e. The fourth-order valence-electron chi connectivity index (χ4n) is 2.68. The quantitative estimate of drug-likeness (QED) is 0.826. The second kappa shape index (κ2) is 6.20. The largest absolute Gasteiger partial charge is 0.478 e. The van der Waals surface area contributed by atoms with Crippen LogP contribution in [0.3, 0.4) is 0 Å². The zero-order valence-electron chi connectivity index (χ0n) is 11.7. The summed E-state index contributed by atoms with van der Waals surface area (Å²) in [6, 6.07) is 7.83. The number of hydrogen-bond donors (Lipinski definition) is 2. The van der Waals surface area contributed by atoms with Gasteiger partial charge in [0, 0.05) is 19.2 Å². The second-order valence-electron chi connectivity index (χ2n) is 5.73. The van der Waals surface area contributed by atoms with Crippen LogP contribution in [0.4, 0.5) is 0 Å². The molecule has 4 nitrogen and oxygen atoms in total. The first-order valence-corrected chi connectivity index (χ1v) is 6.89. The number of nitrogens with zero attached hydrogens (tertiary/aromatic N) is 1. The summed E-state index contributed by atoms with van der Waals surface area (Å²) in [6.07, 6.45) is 4.60. The van der Waals surface area contributed by atoms with Crippen molar-refractivity contribution in [3.63, 3.8) is 0 Å². The van der Waals surface area contributed by atoms with Gasteiger partial charge in [-0.3, -0.25) is 4.90 Å². The lowest BCUT2D eigenvalue weighted by Gasteiger charge is -2.36. The topological polar surface area (TPSA) is 60.8 Å². The molecule has 0 spiro atoms. The maximum absolute atomic E-state index is 10.5. The van der Waals surface area contributed by atoms with Crippen LogP contribution in [-0.4, -0.2) is 39.8 Å². The van der Waals surface area contributed by atoms with Gasteiger partial charge >= 0.3 is 5.97 Å². The number of carboxylic acid groups (broad SMARTS) is 1. The molecule has 20 heavy (non-hydrogen) atoms. The van der Waals surface area contributed by atoms with Gasteiger partial charge in [-0.15, -0.1) is 0 Å². The first kappa shape index (κ1) is 14.8. The molecule has 0 aromatic heterocycles. The number of carboxylic acids is 1. The molecule has 1 heterocycles. The van der Waals surface area contributed by atoms with Crippen molar-refractivity contribution in [2.75, 3.05) is 13.1 Å². The standard InChI is InChI=1S/C16H21NO3/c1-16(20)8-3-9-17(12-16)11-14-5-2-4-13(10-14)6-7-15(18)19/h2,4-7,10,20H,3,8-9,11-12H2,1H3,(H,18,19)/b7-6+. The Kier molecular flexibility index (Phi) is 4.57. The molecule has 1 aliphatic heterocycles. The van der Waals surface area contributed by atoms with Crippen molar-refractivity contribution < 1.29 is 15.0 Å². The maximum atomic E-state index is 10.5. The highest BCUT2D eigenvalue weighted by Crippen LogP contribution is 2.22. The van der Waals surface area contributed by atoms with Gasteiger partial charge in [0.1, 0.15) is 0 Å². The molecule has 0 radical (unpaired) electrons. The van der Waals surface area contributed by atoms with Crippen LogP contribution >= 0.6 is 0 Å². The molecule has 1 aliphatic rings.